The molecule has 1 amide bonds. The maximum absolute atomic E-state index is 13.0. The zero-order chi connectivity index (χ0) is 22.9. The van der Waals surface area contributed by atoms with E-state index < -0.39 is 6.16 Å². The van der Waals surface area contributed by atoms with Crippen LogP contribution < -0.4 is 10.1 Å². The van der Waals surface area contributed by atoms with E-state index in [1.54, 1.807) is 12.1 Å². The summed E-state index contributed by atoms with van der Waals surface area (Å²) in [5.74, 6) is -0.0364. The van der Waals surface area contributed by atoms with Crippen molar-refractivity contribution >= 4 is 23.3 Å². The average molecular weight is 428 g/mol. The van der Waals surface area contributed by atoms with Crippen molar-refractivity contribution in [3.63, 3.8) is 0 Å². The van der Waals surface area contributed by atoms with Gasteiger partial charge in [0, 0.05) is 11.3 Å². The van der Waals surface area contributed by atoms with Crippen LogP contribution in [-0.2, 0) is 5.41 Å². The summed E-state index contributed by atoms with van der Waals surface area (Å²) in [6.07, 6.45) is 1.81. The summed E-state index contributed by atoms with van der Waals surface area (Å²) in [6.45, 7) is 6.50. The van der Waals surface area contributed by atoms with Crippen LogP contribution in [0, 0.1) is 6.92 Å². The molecular formula is C27H25NO4. The standard InChI is InChI=1S/C27H25NO4/c1-17-4-6-18(7-5-17)22-14-15-27(2,3)24-13-8-19(16-23(22)24)25(29)28-20-9-11-21(12-10-20)32-26(30)31/h4-14,16H,15H2,1-3H3,(H,28,29)(H,30,31). The monoisotopic (exact) mass is 427 g/mol. The van der Waals surface area contributed by atoms with Crippen LogP contribution in [0.3, 0.4) is 0 Å². The molecule has 0 atom stereocenters. The second-order valence-electron chi connectivity index (χ2n) is 8.68. The molecule has 0 heterocycles. The second-order valence-corrected chi connectivity index (χ2v) is 8.68. The molecule has 0 spiro atoms. The first-order valence-electron chi connectivity index (χ1n) is 10.5. The summed E-state index contributed by atoms with van der Waals surface area (Å²) in [7, 11) is 0. The Bertz CT molecular complexity index is 1210. The Morgan fingerprint density at radius 2 is 1.66 bits per heavy atom. The molecule has 5 nitrogen and oxygen atoms in total. The lowest BCUT2D eigenvalue weighted by Crippen LogP contribution is -2.23. The molecule has 2 N–H and O–H groups in total. The van der Waals surface area contributed by atoms with Gasteiger partial charge < -0.3 is 15.2 Å². The van der Waals surface area contributed by atoms with Crippen LogP contribution in [0.1, 0.15) is 52.9 Å². The number of fused-ring (bicyclic) bond motifs is 1. The molecule has 5 heteroatoms. The molecule has 0 aromatic heterocycles. The summed E-state index contributed by atoms with van der Waals surface area (Å²) in [4.78, 5) is 23.6. The number of rotatable bonds is 4. The van der Waals surface area contributed by atoms with Crippen LogP contribution in [-0.4, -0.2) is 17.2 Å². The highest BCUT2D eigenvalue weighted by molar-refractivity contribution is 6.05. The minimum absolute atomic E-state index is 0.0154. The van der Waals surface area contributed by atoms with E-state index >= 15 is 0 Å². The van der Waals surface area contributed by atoms with Crippen LogP contribution in [0.5, 0.6) is 5.75 Å². The fourth-order valence-electron chi connectivity index (χ4n) is 3.99. The summed E-state index contributed by atoms with van der Waals surface area (Å²) >= 11 is 0. The van der Waals surface area contributed by atoms with Gasteiger partial charge in [-0.15, -0.1) is 0 Å². The highest BCUT2D eigenvalue weighted by atomic mass is 16.7. The second kappa shape index (κ2) is 8.35. The Kier molecular flexibility index (Phi) is 5.57. The third-order valence-corrected chi connectivity index (χ3v) is 5.80. The number of carboxylic acid groups (broad SMARTS) is 1. The Hall–Kier alpha value is -3.86. The lowest BCUT2D eigenvalue weighted by Gasteiger charge is -2.32. The molecule has 1 aliphatic carbocycles. The largest absolute Gasteiger partial charge is 0.511 e. The van der Waals surface area contributed by atoms with Crippen molar-refractivity contribution < 1.29 is 19.4 Å². The first-order chi connectivity index (χ1) is 15.2. The van der Waals surface area contributed by atoms with E-state index in [1.165, 1.54) is 23.3 Å². The third kappa shape index (κ3) is 4.42. The molecule has 0 bridgehead atoms. The maximum atomic E-state index is 13.0. The smallest absolute Gasteiger partial charge is 0.449 e. The number of amides is 1. The first-order valence-corrected chi connectivity index (χ1v) is 10.5. The molecular weight excluding hydrogens is 402 g/mol. The zero-order valence-corrected chi connectivity index (χ0v) is 18.3. The van der Waals surface area contributed by atoms with Crippen molar-refractivity contribution in [3.8, 4) is 5.75 Å². The molecule has 0 saturated heterocycles. The van der Waals surface area contributed by atoms with Gasteiger partial charge in [-0.25, -0.2) is 4.79 Å². The predicted octanol–water partition coefficient (Wildman–Crippen LogP) is 6.42. The van der Waals surface area contributed by atoms with Crippen LogP contribution in [0.2, 0.25) is 0 Å². The Balaban J connectivity index is 1.63. The van der Waals surface area contributed by atoms with Crippen LogP contribution >= 0.6 is 0 Å². The molecule has 0 fully saturated rings. The molecule has 4 rings (SSSR count). The topological polar surface area (TPSA) is 75.6 Å². The highest BCUT2D eigenvalue weighted by Crippen LogP contribution is 2.41. The van der Waals surface area contributed by atoms with Gasteiger partial charge >= 0.3 is 6.16 Å². The van der Waals surface area contributed by atoms with Crippen molar-refractivity contribution in [1.82, 2.24) is 0 Å². The minimum Gasteiger partial charge on any atom is -0.449 e. The summed E-state index contributed by atoms with van der Waals surface area (Å²) in [5, 5.41) is 11.6. The molecule has 0 unspecified atom stereocenters. The van der Waals surface area contributed by atoms with Crippen molar-refractivity contribution in [1.29, 1.82) is 0 Å². The van der Waals surface area contributed by atoms with Gasteiger partial charge in [0.15, 0.2) is 0 Å². The van der Waals surface area contributed by atoms with Gasteiger partial charge in [0.2, 0.25) is 0 Å². The fourth-order valence-corrected chi connectivity index (χ4v) is 3.99. The Labute approximate surface area is 187 Å². The number of aryl methyl sites for hydroxylation is 1. The van der Waals surface area contributed by atoms with E-state index in [4.69, 9.17) is 5.11 Å². The lowest BCUT2D eigenvalue weighted by molar-refractivity contribution is 0.102. The molecule has 3 aromatic carbocycles. The number of allylic oxidation sites excluding steroid dienone is 1. The van der Waals surface area contributed by atoms with Crippen molar-refractivity contribution in [2.75, 3.05) is 5.32 Å². The molecule has 0 saturated carbocycles. The summed E-state index contributed by atoms with van der Waals surface area (Å²) < 4.78 is 4.60. The van der Waals surface area contributed by atoms with Gasteiger partial charge in [-0.05, 0) is 77.4 Å². The van der Waals surface area contributed by atoms with Gasteiger partial charge in [0.1, 0.15) is 5.75 Å². The van der Waals surface area contributed by atoms with E-state index in [-0.39, 0.29) is 17.1 Å². The van der Waals surface area contributed by atoms with Gasteiger partial charge in [-0.1, -0.05) is 55.8 Å². The van der Waals surface area contributed by atoms with Crippen LogP contribution in [0.4, 0.5) is 10.5 Å². The number of carbonyl (C=O) groups excluding carboxylic acids is 1. The quantitative estimate of drug-likeness (QED) is 0.372. The average Bonchev–Trinajstić information content (AvgIpc) is 2.75. The number of anilines is 1. The van der Waals surface area contributed by atoms with Crippen LogP contribution in [0.25, 0.3) is 5.57 Å². The lowest BCUT2D eigenvalue weighted by atomic mass is 9.72. The van der Waals surface area contributed by atoms with Crippen molar-refractivity contribution in [2.45, 2.75) is 32.6 Å². The molecule has 0 aliphatic heterocycles. The molecule has 32 heavy (non-hydrogen) atoms. The fraction of sp³-hybridized carbons (Fsp3) is 0.185. The van der Waals surface area contributed by atoms with E-state index in [0.717, 1.165) is 23.1 Å². The van der Waals surface area contributed by atoms with E-state index in [2.05, 4.69) is 67.2 Å². The van der Waals surface area contributed by atoms with E-state index in [1.807, 2.05) is 12.1 Å². The number of ether oxygens (including phenoxy) is 1. The Morgan fingerprint density at radius 3 is 2.31 bits per heavy atom. The number of hydrogen-bond acceptors (Lipinski definition) is 3. The highest BCUT2D eigenvalue weighted by Gasteiger charge is 2.29. The maximum Gasteiger partial charge on any atom is 0.511 e. The van der Waals surface area contributed by atoms with E-state index in [0.29, 0.717) is 11.3 Å². The van der Waals surface area contributed by atoms with Gasteiger partial charge in [0.25, 0.3) is 5.91 Å². The summed E-state index contributed by atoms with van der Waals surface area (Å²) in [5.41, 5.74) is 6.88. The normalized spacial score (nSPS) is 14.2. The minimum atomic E-state index is -1.38. The Morgan fingerprint density at radius 1 is 0.969 bits per heavy atom. The van der Waals surface area contributed by atoms with Gasteiger partial charge in [-0.2, -0.15) is 0 Å². The van der Waals surface area contributed by atoms with Crippen molar-refractivity contribution in [3.05, 3.63) is 101 Å². The van der Waals surface area contributed by atoms with Gasteiger partial charge in [-0.3, -0.25) is 4.79 Å². The molecule has 1 aliphatic rings. The van der Waals surface area contributed by atoms with Gasteiger partial charge in [0.05, 0.1) is 0 Å². The third-order valence-electron chi connectivity index (χ3n) is 5.80. The first kappa shape index (κ1) is 21.4. The molecule has 0 radical (unpaired) electrons. The number of benzene rings is 3. The zero-order valence-electron chi connectivity index (χ0n) is 18.3. The molecule has 162 valence electrons. The number of hydrogen-bond donors (Lipinski definition) is 2. The number of nitrogens with one attached hydrogen (secondary N) is 1. The SMILES string of the molecule is Cc1ccc(C2=CCC(C)(C)c3ccc(C(=O)Nc4ccc(OC(=O)O)cc4)cc32)cc1. The summed E-state index contributed by atoms with van der Waals surface area (Å²) in [6, 6.07) is 20.5. The van der Waals surface area contributed by atoms with Crippen LogP contribution in [0.15, 0.2) is 72.8 Å². The molecule has 3 aromatic rings. The number of carbonyl (C=O) groups is 2. The predicted molar refractivity (Wildman–Crippen MR) is 125 cm³/mol. The van der Waals surface area contributed by atoms with E-state index in [9.17, 15) is 9.59 Å². The van der Waals surface area contributed by atoms with Crippen molar-refractivity contribution in [2.24, 2.45) is 0 Å².